The Morgan fingerprint density at radius 1 is 1.11 bits per heavy atom. The van der Waals surface area contributed by atoms with Crippen LogP contribution in [0.4, 0.5) is 5.82 Å². The SMILES string of the molecule is CCc1nc(NC)cc(-c2cc(C)ccc2C)n1. The molecule has 94 valence electrons. The Kier molecular flexibility index (Phi) is 3.60. The molecule has 0 aliphatic heterocycles. The third-order valence-electron chi connectivity index (χ3n) is 3.01. The number of nitrogens with zero attached hydrogens (tertiary/aromatic N) is 2. The summed E-state index contributed by atoms with van der Waals surface area (Å²) in [7, 11) is 1.88. The molecule has 3 heteroatoms. The lowest BCUT2D eigenvalue weighted by atomic mass is 10.0. The molecular weight excluding hydrogens is 222 g/mol. The number of hydrogen-bond donors (Lipinski definition) is 1. The Bertz CT molecular complexity index is 539. The normalized spacial score (nSPS) is 10.4. The smallest absolute Gasteiger partial charge is 0.131 e. The van der Waals surface area contributed by atoms with Crippen molar-refractivity contribution in [1.29, 1.82) is 0 Å². The zero-order chi connectivity index (χ0) is 13.1. The van der Waals surface area contributed by atoms with Gasteiger partial charge in [0.2, 0.25) is 0 Å². The lowest BCUT2D eigenvalue weighted by Gasteiger charge is -2.10. The van der Waals surface area contributed by atoms with Crippen molar-refractivity contribution in [2.75, 3.05) is 12.4 Å². The largest absolute Gasteiger partial charge is 0.373 e. The molecule has 3 nitrogen and oxygen atoms in total. The van der Waals surface area contributed by atoms with Gasteiger partial charge in [0.1, 0.15) is 11.6 Å². The topological polar surface area (TPSA) is 37.8 Å². The van der Waals surface area contributed by atoms with Crippen molar-refractivity contribution in [3.63, 3.8) is 0 Å². The molecule has 0 atom stereocenters. The van der Waals surface area contributed by atoms with E-state index < -0.39 is 0 Å². The highest BCUT2D eigenvalue weighted by molar-refractivity contribution is 5.66. The van der Waals surface area contributed by atoms with Crippen molar-refractivity contribution in [1.82, 2.24) is 9.97 Å². The number of nitrogens with one attached hydrogen (secondary N) is 1. The van der Waals surface area contributed by atoms with E-state index in [-0.39, 0.29) is 0 Å². The lowest BCUT2D eigenvalue weighted by molar-refractivity contribution is 0.944. The van der Waals surface area contributed by atoms with Gasteiger partial charge in [-0.05, 0) is 25.5 Å². The second-order valence-electron chi connectivity index (χ2n) is 4.48. The summed E-state index contributed by atoms with van der Waals surface area (Å²) in [6.45, 7) is 6.28. The molecule has 2 rings (SSSR count). The maximum atomic E-state index is 4.62. The van der Waals surface area contributed by atoms with Crippen LogP contribution in [0.3, 0.4) is 0 Å². The third kappa shape index (κ3) is 2.50. The molecular formula is C15H19N3. The first-order valence-electron chi connectivity index (χ1n) is 6.27. The van der Waals surface area contributed by atoms with E-state index in [9.17, 15) is 0 Å². The summed E-state index contributed by atoms with van der Waals surface area (Å²) in [5.41, 5.74) is 4.66. The quantitative estimate of drug-likeness (QED) is 0.895. The van der Waals surface area contributed by atoms with Crippen LogP contribution in [0.1, 0.15) is 23.9 Å². The molecule has 0 bridgehead atoms. The minimum absolute atomic E-state index is 0.841. The van der Waals surface area contributed by atoms with Gasteiger partial charge in [0.05, 0.1) is 5.69 Å². The minimum atomic E-state index is 0.841. The summed E-state index contributed by atoms with van der Waals surface area (Å²) in [5, 5.41) is 3.09. The van der Waals surface area contributed by atoms with Crippen LogP contribution in [0.2, 0.25) is 0 Å². The number of hydrogen-bond acceptors (Lipinski definition) is 3. The molecule has 0 saturated heterocycles. The Morgan fingerprint density at radius 2 is 1.89 bits per heavy atom. The van der Waals surface area contributed by atoms with Crippen LogP contribution in [0.15, 0.2) is 24.3 Å². The molecule has 0 aliphatic carbocycles. The van der Waals surface area contributed by atoms with E-state index >= 15 is 0 Å². The van der Waals surface area contributed by atoms with Crippen LogP contribution in [0.5, 0.6) is 0 Å². The van der Waals surface area contributed by atoms with Crippen molar-refractivity contribution in [3.8, 4) is 11.3 Å². The zero-order valence-corrected chi connectivity index (χ0v) is 11.4. The molecule has 2 aromatic rings. The molecule has 18 heavy (non-hydrogen) atoms. The van der Waals surface area contributed by atoms with Gasteiger partial charge in [-0.2, -0.15) is 0 Å². The summed E-state index contributed by atoms with van der Waals surface area (Å²) in [6.07, 6.45) is 0.841. The first-order valence-corrected chi connectivity index (χ1v) is 6.27. The fourth-order valence-electron chi connectivity index (χ4n) is 1.93. The van der Waals surface area contributed by atoms with Crippen LogP contribution in [-0.2, 0) is 6.42 Å². The molecule has 0 spiro atoms. The van der Waals surface area contributed by atoms with Crippen LogP contribution in [-0.4, -0.2) is 17.0 Å². The van der Waals surface area contributed by atoms with Gasteiger partial charge in [-0.15, -0.1) is 0 Å². The van der Waals surface area contributed by atoms with Crippen molar-refractivity contribution < 1.29 is 0 Å². The molecule has 0 saturated carbocycles. The van der Waals surface area contributed by atoms with Crippen molar-refractivity contribution in [3.05, 3.63) is 41.2 Å². The molecule has 0 aliphatic rings. The van der Waals surface area contributed by atoms with E-state index in [1.165, 1.54) is 16.7 Å². The monoisotopic (exact) mass is 241 g/mol. The van der Waals surface area contributed by atoms with Crippen molar-refractivity contribution in [2.45, 2.75) is 27.2 Å². The standard InChI is InChI=1S/C15H19N3/c1-5-14-17-13(9-15(16-4)18-14)12-8-10(2)6-7-11(12)3/h6-9H,5H2,1-4H3,(H,16,17,18). The molecule has 1 aromatic carbocycles. The van der Waals surface area contributed by atoms with Crippen LogP contribution >= 0.6 is 0 Å². The fourth-order valence-corrected chi connectivity index (χ4v) is 1.93. The Hall–Kier alpha value is -1.90. The fraction of sp³-hybridized carbons (Fsp3) is 0.333. The third-order valence-corrected chi connectivity index (χ3v) is 3.01. The first-order chi connectivity index (χ1) is 8.63. The second kappa shape index (κ2) is 5.17. The highest BCUT2D eigenvalue weighted by Crippen LogP contribution is 2.24. The summed E-state index contributed by atoms with van der Waals surface area (Å²) >= 11 is 0. The van der Waals surface area contributed by atoms with Gasteiger partial charge in [-0.3, -0.25) is 0 Å². The number of benzene rings is 1. The van der Waals surface area contributed by atoms with Gasteiger partial charge in [-0.1, -0.05) is 24.6 Å². The minimum Gasteiger partial charge on any atom is -0.373 e. The molecule has 0 unspecified atom stereocenters. The van der Waals surface area contributed by atoms with E-state index in [0.29, 0.717) is 0 Å². The summed E-state index contributed by atoms with van der Waals surface area (Å²) in [4.78, 5) is 9.05. The first kappa shape index (κ1) is 12.6. The Labute approximate surface area is 108 Å². The Morgan fingerprint density at radius 3 is 2.56 bits per heavy atom. The highest BCUT2D eigenvalue weighted by atomic mass is 15.0. The van der Waals surface area contributed by atoms with Crippen LogP contribution in [0.25, 0.3) is 11.3 Å². The van der Waals surface area contributed by atoms with Gasteiger partial charge in [0, 0.05) is 25.1 Å². The van der Waals surface area contributed by atoms with E-state index in [2.05, 4.69) is 54.3 Å². The summed E-state index contributed by atoms with van der Waals surface area (Å²) in [6, 6.07) is 8.44. The van der Waals surface area contributed by atoms with Gasteiger partial charge in [0.15, 0.2) is 0 Å². The van der Waals surface area contributed by atoms with Gasteiger partial charge in [-0.25, -0.2) is 9.97 Å². The van der Waals surface area contributed by atoms with E-state index in [1.54, 1.807) is 0 Å². The molecule has 0 radical (unpaired) electrons. The predicted molar refractivity (Wildman–Crippen MR) is 75.9 cm³/mol. The molecule has 0 amide bonds. The number of rotatable bonds is 3. The van der Waals surface area contributed by atoms with E-state index in [4.69, 9.17) is 0 Å². The summed E-state index contributed by atoms with van der Waals surface area (Å²) in [5.74, 6) is 1.75. The maximum absolute atomic E-state index is 4.62. The molecule has 1 aromatic heterocycles. The predicted octanol–water partition coefficient (Wildman–Crippen LogP) is 3.36. The van der Waals surface area contributed by atoms with E-state index in [0.717, 1.165) is 23.8 Å². The highest BCUT2D eigenvalue weighted by Gasteiger charge is 2.07. The average Bonchev–Trinajstić information content (AvgIpc) is 2.40. The molecule has 0 fully saturated rings. The van der Waals surface area contributed by atoms with Crippen LogP contribution in [0, 0.1) is 13.8 Å². The summed E-state index contributed by atoms with van der Waals surface area (Å²) < 4.78 is 0. The van der Waals surface area contributed by atoms with Crippen molar-refractivity contribution >= 4 is 5.82 Å². The van der Waals surface area contributed by atoms with Gasteiger partial charge in [0.25, 0.3) is 0 Å². The number of aromatic nitrogens is 2. The van der Waals surface area contributed by atoms with E-state index in [1.807, 2.05) is 13.1 Å². The maximum Gasteiger partial charge on any atom is 0.131 e. The Balaban J connectivity index is 2.58. The number of anilines is 1. The molecule has 1 heterocycles. The van der Waals surface area contributed by atoms with Crippen molar-refractivity contribution in [2.24, 2.45) is 0 Å². The second-order valence-corrected chi connectivity index (χ2v) is 4.48. The number of aryl methyl sites for hydroxylation is 3. The van der Waals surface area contributed by atoms with Gasteiger partial charge >= 0.3 is 0 Å². The lowest BCUT2D eigenvalue weighted by Crippen LogP contribution is -2.01. The van der Waals surface area contributed by atoms with Gasteiger partial charge < -0.3 is 5.32 Å². The average molecular weight is 241 g/mol. The molecule has 1 N–H and O–H groups in total. The zero-order valence-electron chi connectivity index (χ0n) is 11.4. The van der Waals surface area contributed by atoms with Crippen LogP contribution < -0.4 is 5.32 Å².